The lowest BCUT2D eigenvalue weighted by Gasteiger charge is -2.31. The lowest BCUT2D eigenvalue weighted by atomic mass is 9.92. The number of halogens is 4. The molecule has 6 nitrogen and oxygen atoms in total. The number of allylic oxidation sites excluding steroid dienone is 2. The number of benzene rings is 2. The molecule has 10 rings (SSSR count). The molecule has 0 fully saturated rings. The first-order chi connectivity index (χ1) is 25.5. The number of hydrogen-bond donors (Lipinski definition) is 0. The molecule has 0 unspecified atom stereocenters. The Morgan fingerprint density at radius 3 is 1.11 bits per heavy atom. The summed E-state index contributed by atoms with van der Waals surface area (Å²) < 4.78 is 70.9. The van der Waals surface area contributed by atoms with Crippen molar-refractivity contribution in [2.75, 3.05) is 0 Å². The van der Waals surface area contributed by atoms with Crippen LogP contribution in [0.25, 0.3) is 41.1 Å². The standard InChI is InChI=1S/C40H20F4O6S4/c1-39(2)27-35(33-25(49-39)7-13(51-33)5-19-29(45)15-9-21(41)22(42)10-16(15)30(19)46)53-38-28-36(54-37(27)38)34-26(50-40(28,3)4)8-14(52-34)6-20-31(47)17-11-23(43)24(44)12-18(17)32(20)48/h5-12H,1-4H3. The normalized spacial score (nSPS) is 17.2. The number of carbonyl (C=O) groups is 4. The minimum atomic E-state index is -1.20. The van der Waals surface area contributed by atoms with Crippen LogP contribution in [0.15, 0.2) is 47.5 Å². The number of ether oxygens (including phenoxy) is 2. The maximum atomic E-state index is 13.9. The average Bonchev–Trinajstić information content (AvgIpc) is 3.92. The van der Waals surface area contributed by atoms with Crippen LogP contribution in [-0.4, -0.2) is 23.1 Å². The van der Waals surface area contributed by atoms with Gasteiger partial charge in [0.05, 0.1) is 40.1 Å². The molecule has 2 aliphatic heterocycles. The SMILES string of the molecule is CC1(C)Oc2cc(C=C3C(=O)c4cc(F)c(F)cc4C3=O)sc2-c2sc3c4c(sc3c21)-c1sc(C=C2C(=O)c3cc(F)c(F)cc3C2=O)cc1OC4(C)C. The van der Waals surface area contributed by atoms with Crippen molar-refractivity contribution in [2.45, 2.75) is 38.9 Å². The number of hydrogen-bond acceptors (Lipinski definition) is 10. The van der Waals surface area contributed by atoms with E-state index in [4.69, 9.17) is 9.47 Å². The van der Waals surface area contributed by atoms with Gasteiger partial charge in [-0.15, -0.1) is 45.3 Å². The van der Waals surface area contributed by atoms with Gasteiger partial charge >= 0.3 is 0 Å². The first kappa shape index (κ1) is 33.5. The highest BCUT2D eigenvalue weighted by Gasteiger charge is 2.45. The van der Waals surface area contributed by atoms with Crippen LogP contribution in [0.3, 0.4) is 0 Å². The minimum absolute atomic E-state index is 0.170. The van der Waals surface area contributed by atoms with Crippen molar-refractivity contribution in [2.24, 2.45) is 0 Å². The quantitative estimate of drug-likeness (QED) is 0.0985. The Bertz CT molecular complexity index is 2630. The molecular formula is C40H20F4O6S4. The zero-order chi connectivity index (χ0) is 37.9. The molecule has 4 aliphatic rings. The van der Waals surface area contributed by atoms with Crippen molar-refractivity contribution >= 4 is 90.0 Å². The summed E-state index contributed by atoms with van der Waals surface area (Å²) >= 11 is 5.86. The van der Waals surface area contributed by atoms with Crippen LogP contribution in [0.4, 0.5) is 17.6 Å². The molecule has 6 aromatic rings. The lowest BCUT2D eigenvalue weighted by Crippen LogP contribution is -2.27. The summed E-state index contributed by atoms with van der Waals surface area (Å²) in [5.74, 6) is -6.32. The van der Waals surface area contributed by atoms with Gasteiger partial charge in [-0.3, -0.25) is 19.2 Å². The van der Waals surface area contributed by atoms with E-state index < -0.39 is 57.6 Å². The number of carbonyl (C=O) groups excluding carboxylic acids is 4. The van der Waals surface area contributed by atoms with Gasteiger partial charge in [-0.25, -0.2) is 17.6 Å². The molecule has 2 aromatic carbocycles. The Morgan fingerprint density at radius 2 is 0.796 bits per heavy atom. The van der Waals surface area contributed by atoms with Gasteiger partial charge in [-0.1, -0.05) is 0 Å². The zero-order valence-corrected chi connectivity index (χ0v) is 31.5. The van der Waals surface area contributed by atoms with Gasteiger partial charge in [-0.2, -0.15) is 0 Å². The first-order valence-corrected chi connectivity index (χ1v) is 19.7. The highest BCUT2D eigenvalue weighted by atomic mass is 32.1. The monoisotopic (exact) mass is 800 g/mol. The first-order valence-electron chi connectivity index (χ1n) is 16.4. The van der Waals surface area contributed by atoms with Crippen LogP contribution in [-0.2, 0) is 11.2 Å². The van der Waals surface area contributed by atoms with E-state index in [2.05, 4.69) is 0 Å². The molecule has 2 aliphatic carbocycles. The fourth-order valence-electron chi connectivity index (χ4n) is 7.57. The second-order valence-corrected chi connectivity index (χ2v) is 18.4. The maximum Gasteiger partial charge on any atom is 0.197 e. The van der Waals surface area contributed by atoms with E-state index in [0.29, 0.717) is 21.3 Å². The summed E-state index contributed by atoms with van der Waals surface area (Å²) in [5.41, 5.74) is -0.678. The van der Waals surface area contributed by atoms with Gasteiger partial charge in [0, 0.05) is 43.1 Å². The summed E-state index contributed by atoms with van der Waals surface area (Å²) in [6.07, 6.45) is 2.89. The van der Waals surface area contributed by atoms with Crippen molar-refractivity contribution < 1.29 is 46.2 Å². The molecule has 54 heavy (non-hydrogen) atoms. The molecule has 0 bridgehead atoms. The van der Waals surface area contributed by atoms with Crippen molar-refractivity contribution in [3.8, 4) is 31.0 Å². The Hall–Kier alpha value is -5.02. The van der Waals surface area contributed by atoms with Crippen molar-refractivity contribution in [3.63, 3.8) is 0 Å². The molecule has 0 saturated carbocycles. The molecule has 0 spiro atoms. The summed E-state index contributed by atoms with van der Waals surface area (Å²) in [4.78, 5) is 57.1. The zero-order valence-electron chi connectivity index (χ0n) is 28.2. The molecule has 0 N–H and O–H groups in total. The molecule has 6 heterocycles. The predicted octanol–water partition coefficient (Wildman–Crippen LogP) is 11.2. The summed E-state index contributed by atoms with van der Waals surface area (Å²) in [6.45, 7) is 7.86. The van der Waals surface area contributed by atoms with E-state index in [1.807, 2.05) is 27.7 Å². The number of fused-ring (bicyclic) bond motifs is 11. The molecular weight excluding hydrogens is 781 g/mol. The summed E-state index contributed by atoms with van der Waals surface area (Å²) in [5, 5.41) is 0. The highest BCUT2D eigenvalue weighted by molar-refractivity contribution is 7.34. The van der Waals surface area contributed by atoms with E-state index in [0.717, 1.165) is 64.3 Å². The molecule has 268 valence electrons. The number of thiophene rings is 4. The number of ketones is 4. The van der Waals surface area contributed by atoms with Gasteiger partial charge in [0.25, 0.3) is 0 Å². The number of Topliss-reactive ketones (excluding diaryl/α,β-unsaturated/α-hetero) is 4. The van der Waals surface area contributed by atoms with Crippen LogP contribution in [0.5, 0.6) is 11.5 Å². The van der Waals surface area contributed by atoms with E-state index in [-0.39, 0.29) is 33.4 Å². The lowest BCUT2D eigenvalue weighted by molar-refractivity contribution is 0.0975. The third-order valence-electron chi connectivity index (χ3n) is 9.95. The van der Waals surface area contributed by atoms with Crippen LogP contribution in [0.2, 0.25) is 0 Å². The molecule has 14 heteroatoms. The van der Waals surface area contributed by atoms with Gasteiger partial charge in [-0.05, 0) is 76.2 Å². The van der Waals surface area contributed by atoms with Crippen LogP contribution in [0.1, 0.15) is 90.0 Å². The second kappa shape index (κ2) is 10.8. The van der Waals surface area contributed by atoms with E-state index in [1.165, 1.54) is 34.8 Å². The average molecular weight is 801 g/mol. The Labute approximate surface area is 318 Å². The second-order valence-electron chi connectivity index (χ2n) is 14.2. The molecule has 0 radical (unpaired) electrons. The fourth-order valence-corrected chi connectivity index (χ4v) is 13.4. The highest BCUT2D eigenvalue weighted by Crippen LogP contribution is 2.62. The molecule has 0 saturated heterocycles. The van der Waals surface area contributed by atoms with E-state index >= 15 is 0 Å². The fraction of sp³-hybridized carbons (Fsp3) is 0.150. The van der Waals surface area contributed by atoms with Crippen molar-refractivity contribution in [1.82, 2.24) is 0 Å². The predicted molar refractivity (Wildman–Crippen MR) is 200 cm³/mol. The minimum Gasteiger partial charge on any atom is -0.481 e. The summed E-state index contributed by atoms with van der Waals surface area (Å²) in [6, 6.07) is 6.55. The van der Waals surface area contributed by atoms with Crippen LogP contribution in [0, 0.1) is 23.3 Å². The smallest absolute Gasteiger partial charge is 0.197 e. The maximum absolute atomic E-state index is 13.9. The third kappa shape index (κ3) is 4.48. The van der Waals surface area contributed by atoms with Crippen molar-refractivity contribution in [1.29, 1.82) is 0 Å². The van der Waals surface area contributed by atoms with Gasteiger partial charge in [0.1, 0.15) is 22.7 Å². The Balaban J connectivity index is 1.06. The van der Waals surface area contributed by atoms with E-state index in [9.17, 15) is 36.7 Å². The largest absolute Gasteiger partial charge is 0.481 e. The number of rotatable bonds is 2. The molecule has 0 atom stereocenters. The van der Waals surface area contributed by atoms with Gasteiger partial charge in [0.15, 0.2) is 46.4 Å². The van der Waals surface area contributed by atoms with Gasteiger partial charge in [0.2, 0.25) is 0 Å². The van der Waals surface area contributed by atoms with Crippen LogP contribution >= 0.6 is 45.3 Å². The van der Waals surface area contributed by atoms with Crippen LogP contribution < -0.4 is 9.47 Å². The summed E-state index contributed by atoms with van der Waals surface area (Å²) in [7, 11) is 0. The molecule has 0 amide bonds. The van der Waals surface area contributed by atoms with Gasteiger partial charge < -0.3 is 9.47 Å². The Morgan fingerprint density at radius 1 is 0.481 bits per heavy atom. The molecule has 4 aromatic heterocycles. The van der Waals surface area contributed by atoms with E-state index in [1.54, 1.807) is 34.8 Å². The van der Waals surface area contributed by atoms with Crippen molar-refractivity contribution in [3.05, 3.63) is 114 Å². The topological polar surface area (TPSA) is 86.7 Å². The third-order valence-corrected chi connectivity index (χ3v) is 15.0. The Kier molecular flexibility index (Phi) is 6.71.